The van der Waals surface area contributed by atoms with Crippen LogP contribution in [0.3, 0.4) is 0 Å². The molecule has 0 saturated carbocycles. The molecule has 3 heterocycles. The van der Waals surface area contributed by atoms with Gasteiger partial charge in [-0.1, -0.05) is 64.5 Å². The fourth-order valence-corrected chi connectivity index (χ4v) is 7.86. The Morgan fingerprint density at radius 3 is 2.46 bits per heavy atom. The van der Waals surface area contributed by atoms with Gasteiger partial charge in [0.2, 0.25) is 11.8 Å². The Labute approximate surface area is 241 Å². The van der Waals surface area contributed by atoms with Crippen molar-refractivity contribution in [1.29, 1.82) is 0 Å². The second-order valence-electron chi connectivity index (χ2n) is 9.07. The molecule has 2 aliphatic heterocycles. The third-order valence-electron chi connectivity index (χ3n) is 6.74. The van der Waals surface area contributed by atoms with E-state index in [2.05, 4.69) is 4.98 Å². The van der Waals surface area contributed by atoms with E-state index in [1.807, 2.05) is 30.3 Å². The number of amides is 2. The lowest BCUT2D eigenvalue weighted by Gasteiger charge is -2.30. The maximum atomic E-state index is 13.9. The number of nitrogens with zero attached hydrogens (tertiary/aromatic N) is 1. The van der Waals surface area contributed by atoms with Crippen LogP contribution in [0.4, 0.5) is 5.69 Å². The molecule has 3 atom stereocenters. The molecule has 0 radical (unpaired) electrons. The van der Waals surface area contributed by atoms with Gasteiger partial charge in [-0.15, -0.1) is 0 Å². The molecule has 3 aromatic carbocycles. The van der Waals surface area contributed by atoms with Crippen LogP contribution in [0.2, 0.25) is 10.0 Å². The molecule has 6 rings (SSSR count). The topological polar surface area (TPSA) is 88.7 Å². The molecule has 7 nitrogen and oxygen atoms in total. The molecule has 198 valence electrons. The summed E-state index contributed by atoms with van der Waals surface area (Å²) in [6, 6.07) is 19.4. The summed E-state index contributed by atoms with van der Waals surface area (Å²) < 4.78 is 11.7. The predicted octanol–water partition coefficient (Wildman–Crippen LogP) is 6.13. The molecule has 0 unspecified atom stereocenters. The highest BCUT2D eigenvalue weighted by molar-refractivity contribution is 8.00. The number of carbonyl (C=O) groups excluding carboxylic acids is 2. The SMILES string of the molecule is COc1cc([C@@H]2c3sc(=O)[nH]c3S[C@H]3C(=O)N(c4ccc(Cl)cc4)C(=O)[C@@H]23)ccc1OCc1cccc(Cl)c1. The molecular formula is C28H20Cl2N2O5S2. The lowest BCUT2D eigenvalue weighted by Crippen LogP contribution is -2.32. The first-order valence-electron chi connectivity index (χ1n) is 11.9. The average Bonchev–Trinajstić information content (AvgIpc) is 3.42. The summed E-state index contributed by atoms with van der Waals surface area (Å²) in [7, 11) is 1.54. The van der Waals surface area contributed by atoms with Crippen LogP contribution in [0.1, 0.15) is 21.9 Å². The van der Waals surface area contributed by atoms with Crippen LogP contribution in [0.25, 0.3) is 0 Å². The highest BCUT2D eigenvalue weighted by Crippen LogP contribution is 2.53. The first kappa shape index (κ1) is 26.0. The predicted molar refractivity (Wildman–Crippen MR) is 153 cm³/mol. The summed E-state index contributed by atoms with van der Waals surface area (Å²) >= 11 is 14.4. The van der Waals surface area contributed by atoms with Crippen LogP contribution in [0.5, 0.6) is 11.5 Å². The van der Waals surface area contributed by atoms with E-state index in [1.54, 1.807) is 36.4 Å². The molecule has 1 aromatic heterocycles. The number of aromatic nitrogens is 1. The van der Waals surface area contributed by atoms with Gasteiger partial charge < -0.3 is 14.5 Å². The third kappa shape index (κ3) is 4.74. The van der Waals surface area contributed by atoms with Gasteiger partial charge in [-0.2, -0.15) is 0 Å². The first-order chi connectivity index (χ1) is 18.8. The van der Waals surface area contributed by atoms with Crippen molar-refractivity contribution in [1.82, 2.24) is 4.98 Å². The van der Waals surface area contributed by atoms with E-state index >= 15 is 0 Å². The van der Waals surface area contributed by atoms with E-state index in [-0.39, 0.29) is 23.3 Å². The molecule has 2 aliphatic rings. The van der Waals surface area contributed by atoms with Crippen molar-refractivity contribution in [2.45, 2.75) is 22.8 Å². The summed E-state index contributed by atoms with van der Waals surface area (Å²) in [4.78, 5) is 44.3. The molecular weight excluding hydrogens is 579 g/mol. The third-order valence-corrected chi connectivity index (χ3v) is 9.63. The lowest BCUT2D eigenvalue weighted by molar-refractivity contribution is -0.122. The second kappa shape index (κ2) is 10.4. The van der Waals surface area contributed by atoms with Gasteiger partial charge in [0, 0.05) is 20.8 Å². The molecule has 1 fully saturated rings. The Hall–Kier alpha value is -3.24. The molecule has 0 spiro atoms. The largest absolute Gasteiger partial charge is 0.493 e. The van der Waals surface area contributed by atoms with Crippen molar-refractivity contribution >= 4 is 63.8 Å². The van der Waals surface area contributed by atoms with Gasteiger partial charge in [0.15, 0.2) is 11.5 Å². The molecule has 1 N–H and O–H groups in total. The quantitative estimate of drug-likeness (QED) is 0.269. The number of benzene rings is 3. The Bertz CT molecular complexity index is 1650. The standard InChI is InChI=1S/C28H20Cl2N2O5S2/c1-36-20-12-15(5-10-19(20)37-13-14-3-2-4-17(30)11-14)21-22-24(38-25-23(21)39-28(35)31-25)27(34)32(26(22)33)18-8-6-16(29)7-9-18/h2-12,21-22,24H,13H2,1H3,(H,31,35)/t21-,22-,24+/m0/s1. The number of H-pyrrole nitrogens is 1. The van der Waals surface area contributed by atoms with Crippen LogP contribution in [-0.4, -0.2) is 29.2 Å². The molecule has 1 saturated heterocycles. The van der Waals surface area contributed by atoms with Crippen molar-refractivity contribution in [3.63, 3.8) is 0 Å². The Morgan fingerprint density at radius 2 is 1.72 bits per heavy atom. The number of methoxy groups -OCH3 is 1. The lowest BCUT2D eigenvalue weighted by atomic mass is 9.83. The van der Waals surface area contributed by atoms with Crippen LogP contribution in [0.15, 0.2) is 76.6 Å². The highest BCUT2D eigenvalue weighted by atomic mass is 35.5. The van der Waals surface area contributed by atoms with Gasteiger partial charge in [-0.25, -0.2) is 4.90 Å². The molecule has 0 bridgehead atoms. The number of anilines is 1. The van der Waals surface area contributed by atoms with Gasteiger partial charge in [0.05, 0.1) is 23.7 Å². The summed E-state index contributed by atoms with van der Waals surface area (Å²) in [5, 5.41) is 1.04. The van der Waals surface area contributed by atoms with E-state index in [1.165, 1.54) is 23.8 Å². The number of hydrogen-bond acceptors (Lipinski definition) is 7. The van der Waals surface area contributed by atoms with Gasteiger partial charge >= 0.3 is 4.87 Å². The smallest absolute Gasteiger partial charge is 0.305 e. The van der Waals surface area contributed by atoms with Gasteiger partial charge in [0.1, 0.15) is 11.9 Å². The fraction of sp³-hybridized carbons (Fsp3) is 0.179. The van der Waals surface area contributed by atoms with Crippen LogP contribution in [-0.2, 0) is 16.2 Å². The van der Waals surface area contributed by atoms with E-state index in [0.29, 0.717) is 32.3 Å². The van der Waals surface area contributed by atoms with E-state index in [9.17, 15) is 14.4 Å². The van der Waals surface area contributed by atoms with Crippen LogP contribution < -0.4 is 19.2 Å². The van der Waals surface area contributed by atoms with Crippen molar-refractivity contribution < 1.29 is 19.1 Å². The summed E-state index contributed by atoms with van der Waals surface area (Å²) in [6.45, 7) is 0.285. The maximum absolute atomic E-state index is 13.9. The number of thioether (sulfide) groups is 1. The second-order valence-corrected chi connectivity index (χ2v) is 12.1. The minimum atomic E-state index is -0.708. The highest BCUT2D eigenvalue weighted by Gasteiger charge is 2.56. The number of hydrogen-bond donors (Lipinski definition) is 1. The normalized spacial score (nSPS) is 20.1. The van der Waals surface area contributed by atoms with Gasteiger partial charge in [-0.05, 0) is 59.7 Å². The van der Waals surface area contributed by atoms with Crippen molar-refractivity contribution in [3.8, 4) is 11.5 Å². The number of aromatic amines is 1. The Kier molecular flexibility index (Phi) is 6.93. The summed E-state index contributed by atoms with van der Waals surface area (Å²) in [5.41, 5.74) is 2.11. The number of ether oxygens (including phenoxy) is 2. The van der Waals surface area contributed by atoms with E-state index in [0.717, 1.165) is 27.3 Å². The van der Waals surface area contributed by atoms with Crippen LogP contribution >= 0.6 is 46.3 Å². The zero-order chi connectivity index (χ0) is 27.3. The monoisotopic (exact) mass is 598 g/mol. The van der Waals surface area contributed by atoms with Crippen molar-refractivity contribution in [3.05, 3.63) is 102 Å². The first-order valence-corrected chi connectivity index (χ1v) is 14.4. The molecule has 11 heteroatoms. The van der Waals surface area contributed by atoms with Crippen molar-refractivity contribution in [2.75, 3.05) is 12.0 Å². The van der Waals surface area contributed by atoms with Crippen molar-refractivity contribution in [2.24, 2.45) is 5.92 Å². The Morgan fingerprint density at radius 1 is 0.923 bits per heavy atom. The number of thiazole rings is 1. The number of carbonyl (C=O) groups is 2. The minimum absolute atomic E-state index is 0.236. The zero-order valence-electron chi connectivity index (χ0n) is 20.4. The molecule has 4 aromatic rings. The molecule has 2 amide bonds. The number of halogens is 2. The van der Waals surface area contributed by atoms with Gasteiger partial charge in [0.25, 0.3) is 0 Å². The minimum Gasteiger partial charge on any atom is -0.493 e. The molecule has 0 aliphatic carbocycles. The maximum Gasteiger partial charge on any atom is 0.305 e. The number of rotatable bonds is 6. The summed E-state index contributed by atoms with van der Waals surface area (Å²) in [5.74, 6) is -0.896. The number of fused-ring (bicyclic) bond motifs is 2. The zero-order valence-corrected chi connectivity index (χ0v) is 23.5. The fourth-order valence-electron chi connectivity index (χ4n) is 5.01. The molecule has 39 heavy (non-hydrogen) atoms. The van der Waals surface area contributed by atoms with E-state index < -0.39 is 17.1 Å². The Balaban J connectivity index is 1.37. The summed E-state index contributed by atoms with van der Waals surface area (Å²) in [6.07, 6.45) is 0. The average molecular weight is 600 g/mol. The van der Waals surface area contributed by atoms with Crippen LogP contribution in [0, 0.1) is 5.92 Å². The van der Waals surface area contributed by atoms with Gasteiger partial charge in [-0.3, -0.25) is 14.4 Å². The number of nitrogens with one attached hydrogen (secondary N) is 1. The van der Waals surface area contributed by atoms with E-state index in [4.69, 9.17) is 32.7 Å². The number of imide groups is 1.